The van der Waals surface area contributed by atoms with Gasteiger partial charge in [0.1, 0.15) is 11.4 Å². The second-order valence-corrected chi connectivity index (χ2v) is 7.29. The average Bonchev–Trinajstić information content (AvgIpc) is 2.68. The zero-order chi connectivity index (χ0) is 20.3. The number of carbonyl (C=O) groups excluding carboxylic acids is 2. The van der Waals surface area contributed by atoms with Gasteiger partial charge in [0, 0.05) is 32.9 Å². The number of carbonyl (C=O) groups is 2. The van der Waals surface area contributed by atoms with Gasteiger partial charge in [0.05, 0.1) is 10.6 Å². The molecular formula is C20H21ClFN3O3. The summed E-state index contributed by atoms with van der Waals surface area (Å²) in [6, 6.07) is 7.32. The molecule has 1 saturated heterocycles. The van der Waals surface area contributed by atoms with Gasteiger partial charge in [-0.25, -0.2) is 4.39 Å². The van der Waals surface area contributed by atoms with E-state index in [9.17, 15) is 18.8 Å². The van der Waals surface area contributed by atoms with Crippen molar-refractivity contribution in [3.63, 3.8) is 0 Å². The number of aryl methyl sites for hydroxylation is 1. The molecule has 1 aliphatic rings. The zero-order valence-electron chi connectivity index (χ0n) is 15.5. The van der Waals surface area contributed by atoms with Crippen molar-refractivity contribution >= 4 is 23.4 Å². The van der Waals surface area contributed by atoms with Crippen LogP contribution in [-0.4, -0.2) is 40.9 Å². The quantitative estimate of drug-likeness (QED) is 0.849. The summed E-state index contributed by atoms with van der Waals surface area (Å²) in [6.45, 7) is 1.37. The number of hydrogen-bond donors (Lipinski definition) is 1. The number of likely N-dealkylation sites (tertiary alicyclic amines) is 1. The van der Waals surface area contributed by atoms with Crippen LogP contribution in [0.5, 0.6) is 0 Å². The van der Waals surface area contributed by atoms with Crippen molar-refractivity contribution in [3.8, 4) is 0 Å². The molecule has 8 heteroatoms. The van der Waals surface area contributed by atoms with Crippen molar-refractivity contribution in [1.29, 1.82) is 0 Å². The molecule has 2 heterocycles. The molecule has 2 amide bonds. The second kappa shape index (κ2) is 8.56. The Labute approximate surface area is 166 Å². The molecule has 1 fully saturated rings. The fourth-order valence-corrected chi connectivity index (χ4v) is 3.56. The van der Waals surface area contributed by atoms with E-state index in [0.29, 0.717) is 32.5 Å². The first-order chi connectivity index (χ1) is 13.4. The molecule has 1 aromatic carbocycles. The first kappa shape index (κ1) is 20.1. The number of pyridine rings is 1. The maximum absolute atomic E-state index is 13.8. The molecule has 0 saturated carbocycles. The molecule has 0 radical (unpaired) electrons. The van der Waals surface area contributed by atoms with E-state index >= 15 is 0 Å². The first-order valence-electron chi connectivity index (χ1n) is 9.05. The molecule has 0 unspecified atom stereocenters. The van der Waals surface area contributed by atoms with Crippen molar-refractivity contribution in [2.75, 3.05) is 19.6 Å². The van der Waals surface area contributed by atoms with E-state index in [1.807, 2.05) is 0 Å². The fourth-order valence-electron chi connectivity index (χ4n) is 3.31. The van der Waals surface area contributed by atoms with E-state index in [2.05, 4.69) is 5.32 Å². The lowest BCUT2D eigenvalue weighted by atomic mass is 9.96. The molecule has 0 spiro atoms. The number of amides is 2. The lowest BCUT2D eigenvalue weighted by Crippen LogP contribution is -2.43. The summed E-state index contributed by atoms with van der Waals surface area (Å²) in [5.41, 5.74) is -0.314. The molecule has 0 aliphatic carbocycles. The molecule has 148 valence electrons. The second-order valence-electron chi connectivity index (χ2n) is 6.88. The van der Waals surface area contributed by atoms with Crippen LogP contribution >= 0.6 is 11.6 Å². The van der Waals surface area contributed by atoms with Gasteiger partial charge in [0.2, 0.25) is 0 Å². The van der Waals surface area contributed by atoms with Crippen molar-refractivity contribution < 1.29 is 14.0 Å². The highest BCUT2D eigenvalue weighted by atomic mass is 35.5. The van der Waals surface area contributed by atoms with Gasteiger partial charge in [-0.15, -0.1) is 0 Å². The van der Waals surface area contributed by atoms with Crippen LogP contribution in [0.1, 0.15) is 33.6 Å². The van der Waals surface area contributed by atoms with Crippen molar-refractivity contribution in [1.82, 2.24) is 14.8 Å². The van der Waals surface area contributed by atoms with Gasteiger partial charge in [0.15, 0.2) is 0 Å². The van der Waals surface area contributed by atoms with Gasteiger partial charge in [-0.1, -0.05) is 17.7 Å². The molecule has 0 atom stereocenters. The molecular weight excluding hydrogens is 385 g/mol. The largest absolute Gasteiger partial charge is 0.352 e. The van der Waals surface area contributed by atoms with Gasteiger partial charge in [-0.2, -0.15) is 0 Å². The van der Waals surface area contributed by atoms with Crippen LogP contribution in [0.4, 0.5) is 4.39 Å². The first-order valence-corrected chi connectivity index (χ1v) is 9.43. The van der Waals surface area contributed by atoms with E-state index in [1.165, 1.54) is 28.8 Å². The number of hydrogen-bond acceptors (Lipinski definition) is 3. The highest BCUT2D eigenvalue weighted by molar-refractivity contribution is 6.33. The predicted octanol–water partition coefficient (Wildman–Crippen LogP) is 2.46. The van der Waals surface area contributed by atoms with Gasteiger partial charge in [-0.05, 0) is 43.0 Å². The van der Waals surface area contributed by atoms with Crippen LogP contribution < -0.4 is 10.9 Å². The molecule has 1 aliphatic heterocycles. The van der Waals surface area contributed by atoms with Crippen molar-refractivity contribution in [2.24, 2.45) is 13.0 Å². The zero-order valence-corrected chi connectivity index (χ0v) is 16.2. The predicted molar refractivity (Wildman–Crippen MR) is 104 cm³/mol. The third-order valence-corrected chi connectivity index (χ3v) is 5.31. The summed E-state index contributed by atoms with van der Waals surface area (Å²) in [5, 5.41) is 2.79. The van der Waals surface area contributed by atoms with Crippen LogP contribution in [0.3, 0.4) is 0 Å². The normalized spacial score (nSPS) is 14.8. The molecule has 6 nitrogen and oxygen atoms in total. The minimum Gasteiger partial charge on any atom is -0.352 e. The summed E-state index contributed by atoms with van der Waals surface area (Å²) in [4.78, 5) is 38.6. The van der Waals surface area contributed by atoms with Gasteiger partial charge in [0.25, 0.3) is 17.4 Å². The van der Waals surface area contributed by atoms with Crippen LogP contribution in [-0.2, 0) is 7.05 Å². The van der Waals surface area contributed by atoms with E-state index in [4.69, 9.17) is 11.6 Å². The molecule has 2 aromatic rings. The van der Waals surface area contributed by atoms with Crippen molar-refractivity contribution in [2.45, 2.75) is 12.8 Å². The van der Waals surface area contributed by atoms with E-state index in [0.717, 1.165) is 0 Å². The summed E-state index contributed by atoms with van der Waals surface area (Å²) in [7, 11) is 1.61. The number of nitrogens with one attached hydrogen (secondary N) is 1. The standard InChI is InChI=1S/C20H21ClFN3O3/c1-24-9-3-4-14(19(24)27)20(28)25-10-7-13(8-11-25)12-23-18(26)17-15(21)5-2-6-16(17)22/h2-6,9,13H,7-8,10-12H2,1H3,(H,23,26). The SMILES string of the molecule is Cn1cccc(C(=O)N2CCC(CNC(=O)c3c(F)cccc3Cl)CC2)c1=O. The Balaban J connectivity index is 1.54. The number of halogens is 2. The number of piperidine rings is 1. The molecule has 0 bridgehead atoms. The molecule has 3 rings (SSSR count). The fraction of sp³-hybridized carbons (Fsp3) is 0.350. The Kier molecular flexibility index (Phi) is 6.14. The topological polar surface area (TPSA) is 71.4 Å². The Morgan fingerprint density at radius 1 is 1.21 bits per heavy atom. The minimum absolute atomic E-state index is 0.0716. The lowest BCUT2D eigenvalue weighted by molar-refractivity contribution is 0.0681. The van der Waals surface area contributed by atoms with Crippen LogP contribution in [0.2, 0.25) is 5.02 Å². The molecule has 28 heavy (non-hydrogen) atoms. The van der Waals surface area contributed by atoms with E-state index < -0.39 is 11.7 Å². The van der Waals surface area contributed by atoms with Crippen LogP contribution in [0, 0.1) is 11.7 Å². The lowest BCUT2D eigenvalue weighted by Gasteiger charge is -2.32. The monoisotopic (exact) mass is 405 g/mol. The maximum atomic E-state index is 13.8. The molecule has 1 N–H and O–H groups in total. The van der Waals surface area contributed by atoms with Crippen LogP contribution in [0.25, 0.3) is 0 Å². The van der Waals surface area contributed by atoms with E-state index in [1.54, 1.807) is 24.2 Å². The number of benzene rings is 1. The Bertz CT molecular complexity index is 932. The summed E-state index contributed by atoms with van der Waals surface area (Å²) >= 11 is 5.91. The highest BCUT2D eigenvalue weighted by Crippen LogP contribution is 2.20. The summed E-state index contributed by atoms with van der Waals surface area (Å²) in [5.74, 6) is -1.32. The smallest absolute Gasteiger partial charge is 0.263 e. The summed E-state index contributed by atoms with van der Waals surface area (Å²) < 4.78 is 15.2. The number of nitrogens with zero attached hydrogens (tertiary/aromatic N) is 2. The van der Waals surface area contributed by atoms with Gasteiger partial charge in [-0.3, -0.25) is 14.4 Å². The Morgan fingerprint density at radius 3 is 2.61 bits per heavy atom. The average molecular weight is 406 g/mol. The minimum atomic E-state index is -0.658. The maximum Gasteiger partial charge on any atom is 0.263 e. The van der Waals surface area contributed by atoms with Crippen molar-refractivity contribution in [3.05, 3.63) is 68.8 Å². The third-order valence-electron chi connectivity index (χ3n) is 5.00. The van der Waals surface area contributed by atoms with E-state index in [-0.39, 0.29) is 33.5 Å². The van der Waals surface area contributed by atoms with Gasteiger partial charge >= 0.3 is 0 Å². The number of rotatable bonds is 4. The summed E-state index contributed by atoms with van der Waals surface area (Å²) in [6.07, 6.45) is 2.98. The number of aromatic nitrogens is 1. The Hall–Kier alpha value is -2.67. The Morgan fingerprint density at radius 2 is 1.93 bits per heavy atom. The molecule has 1 aromatic heterocycles. The highest BCUT2D eigenvalue weighted by Gasteiger charge is 2.26. The van der Waals surface area contributed by atoms with Crippen LogP contribution in [0.15, 0.2) is 41.3 Å². The third kappa shape index (κ3) is 4.25. The van der Waals surface area contributed by atoms with Gasteiger partial charge < -0.3 is 14.8 Å².